The normalized spacial score (nSPS) is 29.9. The topological polar surface area (TPSA) is 72.4 Å². The third kappa shape index (κ3) is 2.40. The summed E-state index contributed by atoms with van der Waals surface area (Å²) in [6.45, 7) is 0. The summed E-state index contributed by atoms with van der Waals surface area (Å²) in [5.41, 5.74) is 14.2. The van der Waals surface area contributed by atoms with Crippen molar-refractivity contribution >= 4 is 11.6 Å². The second-order valence-corrected chi connectivity index (χ2v) is 6.06. The lowest BCUT2D eigenvalue weighted by molar-refractivity contribution is -0.119. The number of rotatable bonds is 2. The Labute approximate surface area is 120 Å². The Morgan fingerprint density at radius 3 is 2.50 bits per heavy atom. The molecular formula is C16H23N3O. The van der Waals surface area contributed by atoms with E-state index in [0.29, 0.717) is 12.1 Å². The van der Waals surface area contributed by atoms with Crippen LogP contribution in [-0.2, 0) is 11.2 Å². The van der Waals surface area contributed by atoms with E-state index < -0.39 is 0 Å². The van der Waals surface area contributed by atoms with Gasteiger partial charge in [0.1, 0.15) is 6.04 Å². The van der Waals surface area contributed by atoms with Crippen LogP contribution in [0.1, 0.15) is 37.7 Å². The summed E-state index contributed by atoms with van der Waals surface area (Å²) < 4.78 is 0. The fourth-order valence-corrected chi connectivity index (χ4v) is 3.68. The lowest BCUT2D eigenvalue weighted by Gasteiger charge is -2.44. The average molecular weight is 273 g/mol. The summed E-state index contributed by atoms with van der Waals surface area (Å²) in [7, 11) is 0. The fourth-order valence-electron chi connectivity index (χ4n) is 3.68. The first kappa shape index (κ1) is 13.4. The maximum Gasteiger partial charge on any atom is 0.240 e. The first-order chi connectivity index (χ1) is 9.66. The van der Waals surface area contributed by atoms with Gasteiger partial charge in [-0.2, -0.15) is 0 Å². The smallest absolute Gasteiger partial charge is 0.240 e. The zero-order valence-electron chi connectivity index (χ0n) is 11.8. The molecular weight excluding hydrogens is 250 g/mol. The first-order valence-electron chi connectivity index (χ1n) is 7.58. The molecule has 108 valence electrons. The molecule has 3 rings (SSSR count). The van der Waals surface area contributed by atoms with Crippen LogP contribution in [-0.4, -0.2) is 24.0 Å². The van der Waals surface area contributed by atoms with Crippen molar-refractivity contribution in [1.82, 2.24) is 0 Å². The minimum absolute atomic E-state index is 0.163. The molecule has 0 bridgehead atoms. The summed E-state index contributed by atoms with van der Waals surface area (Å²) in [5, 5.41) is 0. The second-order valence-electron chi connectivity index (χ2n) is 6.06. The molecule has 1 aromatic carbocycles. The molecule has 1 atom stereocenters. The zero-order valence-corrected chi connectivity index (χ0v) is 11.8. The molecule has 0 saturated heterocycles. The highest BCUT2D eigenvalue weighted by Crippen LogP contribution is 2.36. The molecule has 1 fully saturated rings. The molecule has 1 aliphatic heterocycles. The van der Waals surface area contributed by atoms with E-state index in [1.165, 1.54) is 11.3 Å². The van der Waals surface area contributed by atoms with Crippen LogP contribution in [0.2, 0.25) is 0 Å². The fraction of sp³-hybridized carbons (Fsp3) is 0.562. The number of nitrogens with zero attached hydrogens (tertiary/aromatic N) is 1. The lowest BCUT2D eigenvalue weighted by atomic mass is 9.86. The number of benzene rings is 1. The number of nitrogens with two attached hydrogens (primary N) is 2. The SMILES string of the molecule is NC(=O)C1CCc2ccccc2N1C1CCC(N)CC1. The lowest BCUT2D eigenvalue weighted by Crippen LogP contribution is -2.54. The van der Waals surface area contributed by atoms with Gasteiger partial charge in [-0.3, -0.25) is 4.79 Å². The van der Waals surface area contributed by atoms with Crippen LogP contribution in [0.4, 0.5) is 5.69 Å². The highest BCUT2D eigenvalue weighted by molar-refractivity contribution is 5.85. The molecule has 1 aromatic rings. The van der Waals surface area contributed by atoms with Gasteiger partial charge in [0.15, 0.2) is 0 Å². The van der Waals surface area contributed by atoms with Crippen LogP contribution in [0.15, 0.2) is 24.3 Å². The molecule has 2 aliphatic rings. The first-order valence-corrected chi connectivity index (χ1v) is 7.58. The van der Waals surface area contributed by atoms with Crippen molar-refractivity contribution in [3.8, 4) is 0 Å². The molecule has 0 radical (unpaired) electrons. The Balaban J connectivity index is 1.92. The maximum atomic E-state index is 11.8. The molecule has 4 heteroatoms. The van der Waals surface area contributed by atoms with E-state index in [4.69, 9.17) is 11.5 Å². The zero-order chi connectivity index (χ0) is 14.1. The summed E-state index contributed by atoms with van der Waals surface area (Å²) in [4.78, 5) is 14.1. The van der Waals surface area contributed by atoms with E-state index in [1.807, 2.05) is 6.07 Å². The van der Waals surface area contributed by atoms with Gasteiger partial charge in [-0.05, 0) is 50.2 Å². The summed E-state index contributed by atoms with van der Waals surface area (Å²) in [5.74, 6) is -0.200. The standard InChI is InChI=1S/C16H23N3O/c17-12-6-8-13(9-7-12)19-14-4-2-1-3-11(14)5-10-15(19)16(18)20/h1-4,12-13,15H,5-10,17H2,(H2,18,20). The molecule has 1 heterocycles. The van der Waals surface area contributed by atoms with Crippen LogP contribution in [0.25, 0.3) is 0 Å². The van der Waals surface area contributed by atoms with Gasteiger partial charge >= 0.3 is 0 Å². The monoisotopic (exact) mass is 273 g/mol. The molecule has 4 N–H and O–H groups in total. The largest absolute Gasteiger partial charge is 0.368 e. The Kier molecular flexibility index (Phi) is 3.66. The van der Waals surface area contributed by atoms with E-state index in [-0.39, 0.29) is 11.9 Å². The van der Waals surface area contributed by atoms with Crippen LogP contribution in [0.3, 0.4) is 0 Å². The Morgan fingerprint density at radius 1 is 1.10 bits per heavy atom. The number of hydrogen-bond acceptors (Lipinski definition) is 3. The van der Waals surface area contributed by atoms with E-state index in [0.717, 1.165) is 38.5 Å². The van der Waals surface area contributed by atoms with Crippen LogP contribution in [0.5, 0.6) is 0 Å². The highest BCUT2D eigenvalue weighted by Gasteiger charge is 2.35. The third-order valence-electron chi connectivity index (χ3n) is 4.76. The van der Waals surface area contributed by atoms with Crippen LogP contribution < -0.4 is 16.4 Å². The van der Waals surface area contributed by atoms with Gasteiger partial charge in [-0.25, -0.2) is 0 Å². The molecule has 0 aromatic heterocycles. The molecule has 1 amide bonds. The highest BCUT2D eigenvalue weighted by atomic mass is 16.1. The molecule has 1 unspecified atom stereocenters. The second kappa shape index (κ2) is 5.44. The van der Waals surface area contributed by atoms with Crippen molar-refractivity contribution in [3.05, 3.63) is 29.8 Å². The average Bonchev–Trinajstić information content (AvgIpc) is 2.47. The van der Waals surface area contributed by atoms with Gasteiger partial charge in [0.25, 0.3) is 0 Å². The maximum absolute atomic E-state index is 11.8. The number of anilines is 1. The van der Waals surface area contributed by atoms with Crippen molar-refractivity contribution in [2.75, 3.05) is 4.90 Å². The van der Waals surface area contributed by atoms with Gasteiger partial charge in [-0.15, -0.1) is 0 Å². The van der Waals surface area contributed by atoms with Crippen LogP contribution in [0, 0.1) is 0 Å². The Morgan fingerprint density at radius 2 is 1.80 bits per heavy atom. The Bertz CT molecular complexity index is 494. The van der Waals surface area contributed by atoms with Crippen molar-refractivity contribution < 1.29 is 4.79 Å². The minimum Gasteiger partial charge on any atom is -0.368 e. The van der Waals surface area contributed by atoms with E-state index in [2.05, 4.69) is 23.1 Å². The third-order valence-corrected chi connectivity index (χ3v) is 4.76. The van der Waals surface area contributed by atoms with E-state index in [1.54, 1.807) is 0 Å². The van der Waals surface area contributed by atoms with Crippen LogP contribution >= 0.6 is 0 Å². The summed E-state index contributed by atoms with van der Waals surface area (Å²) >= 11 is 0. The predicted molar refractivity (Wildman–Crippen MR) is 80.5 cm³/mol. The van der Waals surface area contributed by atoms with Crippen molar-refractivity contribution in [2.24, 2.45) is 11.5 Å². The number of carbonyl (C=O) groups excluding carboxylic acids is 1. The van der Waals surface area contributed by atoms with Gasteiger partial charge in [0, 0.05) is 17.8 Å². The number of primary amides is 1. The van der Waals surface area contributed by atoms with Crippen molar-refractivity contribution in [1.29, 1.82) is 0 Å². The number of para-hydroxylation sites is 1. The Hall–Kier alpha value is -1.55. The molecule has 0 spiro atoms. The molecule has 4 nitrogen and oxygen atoms in total. The van der Waals surface area contributed by atoms with Gasteiger partial charge in [0.2, 0.25) is 5.91 Å². The summed E-state index contributed by atoms with van der Waals surface area (Å²) in [6.07, 6.45) is 5.95. The van der Waals surface area contributed by atoms with Crippen molar-refractivity contribution in [2.45, 2.75) is 56.7 Å². The van der Waals surface area contributed by atoms with E-state index >= 15 is 0 Å². The molecule has 1 saturated carbocycles. The number of aryl methyl sites for hydroxylation is 1. The molecule has 20 heavy (non-hydrogen) atoms. The predicted octanol–water partition coefficient (Wildman–Crippen LogP) is 1.56. The van der Waals surface area contributed by atoms with Gasteiger partial charge < -0.3 is 16.4 Å². The number of amides is 1. The number of hydrogen-bond donors (Lipinski definition) is 2. The molecule has 1 aliphatic carbocycles. The number of carbonyl (C=O) groups is 1. The van der Waals surface area contributed by atoms with E-state index in [9.17, 15) is 4.79 Å². The van der Waals surface area contributed by atoms with Gasteiger partial charge in [0.05, 0.1) is 0 Å². The minimum atomic E-state index is -0.200. The van der Waals surface area contributed by atoms with Gasteiger partial charge in [-0.1, -0.05) is 18.2 Å². The quantitative estimate of drug-likeness (QED) is 0.859. The summed E-state index contributed by atoms with van der Waals surface area (Å²) in [6, 6.07) is 8.95. The number of fused-ring (bicyclic) bond motifs is 1. The van der Waals surface area contributed by atoms with Crippen molar-refractivity contribution in [3.63, 3.8) is 0 Å².